The topological polar surface area (TPSA) is 58.1 Å². The van der Waals surface area contributed by atoms with Crippen LogP contribution in [0.2, 0.25) is 0 Å². The number of pyridine rings is 1. The molecular formula is C25H29F3N4O3. The third-order valence-electron chi connectivity index (χ3n) is 6.86. The number of likely N-dealkylation sites (tertiary alicyclic amines) is 1. The first kappa shape index (κ1) is 23.7. The molecule has 3 aliphatic rings. The number of anilines is 1. The normalized spacial score (nSPS) is 21.2. The van der Waals surface area contributed by atoms with Gasteiger partial charge in [-0.3, -0.25) is 9.69 Å². The monoisotopic (exact) mass is 490 g/mol. The Balaban J connectivity index is 1.17. The third kappa shape index (κ3) is 5.32. The van der Waals surface area contributed by atoms with Gasteiger partial charge in [-0.05, 0) is 42.7 Å². The van der Waals surface area contributed by atoms with E-state index in [1.807, 2.05) is 28.0 Å². The Labute approximate surface area is 202 Å². The number of alkyl halides is 3. The molecule has 2 saturated heterocycles. The second-order valence-electron chi connectivity index (χ2n) is 9.17. The van der Waals surface area contributed by atoms with Crippen molar-refractivity contribution in [1.82, 2.24) is 14.8 Å². The molecule has 0 aliphatic carbocycles. The van der Waals surface area contributed by atoms with Crippen molar-refractivity contribution in [2.24, 2.45) is 0 Å². The van der Waals surface area contributed by atoms with E-state index >= 15 is 0 Å². The van der Waals surface area contributed by atoms with Gasteiger partial charge >= 0.3 is 6.18 Å². The number of hydrogen-bond donors (Lipinski definition) is 0. The van der Waals surface area contributed by atoms with Crippen LogP contribution in [-0.2, 0) is 11.0 Å². The standard InChI is InChI=1S/C25H29F3N4O3/c26-25(27,28)19-5-7-23(29-16-19)31-11-9-30(10-12-31)17-24(33)32-8-1-3-20(32)18-4-6-21-22(15-18)35-14-2-13-34-21/h4-7,15-16,20H,1-3,8-14,17H2/t20-/m1/s1. The van der Waals surface area contributed by atoms with E-state index in [0.717, 1.165) is 55.1 Å². The van der Waals surface area contributed by atoms with Crippen LogP contribution in [0.3, 0.4) is 0 Å². The predicted octanol–water partition coefficient (Wildman–Crippen LogP) is 3.75. The third-order valence-corrected chi connectivity index (χ3v) is 6.86. The Hall–Kier alpha value is -3.01. The maximum atomic E-state index is 13.2. The molecule has 2 aromatic rings. The average Bonchev–Trinajstić information content (AvgIpc) is 3.23. The van der Waals surface area contributed by atoms with Crippen molar-refractivity contribution in [2.45, 2.75) is 31.5 Å². The highest BCUT2D eigenvalue weighted by atomic mass is 19.4. The zero-order chi connectivity index (χ0) is 24.4. The summed E-state index contributed by atoms with van der Waals surface area (Å²) in [5.41, 5.74) is 0.317. The second kappa shape index (κ2) is 9.93. The molecule has 1 amide bonds. The Morgan fingerprint density at radius 2 is 1.74 bits per heavy atom. The number of ether oxygens (including phenoxy) is 2. The van der Waals surface area contributed by atoms with E-state index in [1.54, 1.807) is 0 Å². The fraction of sp³-hybridized carbons (Fsp3) is 0.520. The summed E-state index contributed by atoms with van der Waals surface area (Å²) in [6.45, 7) is 4.84. The van der Waals surface area contributed by atoms with Crippen molar-refractivity contribution < 1.29 is 27.4 Å². The molecule has 5 rings (SSSR count). The summed E-state index contributed by atoms with van der Waals surface area (Å²) in [7, 11) is 0. The minimum absolute atomic E-state index is 0.0253. The van der Waals surface area contributed by atoms with Crippen LogP contribution in [0.15, 0.2) is 36.5 Å². The first-order chi connectivity index (χ1) is 16.9. The first-order valence-electron chi connectivity index (χ1n) is 12.1. The average molecular weight is 491 g/mol. The lowest BCUT2D eigenvalue weighted by Crippen LogP contribution is -2.50. The number of rotatable bonds is 4. The van der Waals surface area contributed by atoms with Gasteiger partial charge in [0.25, 0.3) is 0 Å². The molecule has 0 bridgehead atoms. The smallest absolute Gasteiger partial charge is 0.417 e. The maximum absolute atomic E-state index is 13.2. The lowest BCUT2D eigenvalue weighted by atomic mass is 10.0. The van der Waals surface area contributed by atoms with Crippen molar-refractivity contribution >= 4 is 11.7 Å². The van der Waals surface area contributed by atoms with Crippen molar-refractivity contribution in [3.8, 4) is 11.5 Å². The molecule has 10 heteroatoms. The lowest BCUT2D eigenvalue weighted by Gasteiger charge is -2.36. The van der Waals surface area contributed by atoms with Gasteiger partial charge in [0.05, 0.1) is 31.4 Å². The zero-order valence-corrected chi connectivity index (χ0v) is 19.5. The number of nitrogens with zero attached hydrogens (tertiary/aromatic N) is 4. The number of fused-ring (bicyclic) bond motifs is 1. The van der Waals surface area contributed by atoms with E-state index in [4.69, 9.17) is 9.47 Å². The van der Waals surface area contributed by atoms with Crippen LogP contribution in [0.5, 0.6) is 11.5 Å². The summed E-state index contributed by atoms with van der Waals surface area (Å²) in [4.78, 5) is 23.2. The van der Waals surface area contributed by atoms with Crippen molar-refractivity contribution in [1.29, 1.82) is 0 Å². The van der Waals surface area contributed by atoms with Crippen LogP contribution in [-0.4, -0.2) is 73.2 Å². The Kier molecular flexibility index (Phi) is 6.73. The molecule has 0 spiro atoms. The molecule has 35 heavy (non-hydrogen) atoms. The highest BCUT2D eigenvalue weighted by molar-refractivity contribution is 5.79. The summed E-state index contributed by atoms with van der Waals surface area (Å²) >= 11 is 0. The molecular weight excluding hydrogens is 461 g/mol. The first-order valence-corrected chi connectivity index (χ1v) is 12.1. The molecule has 0 radical (unpaired) electrons. The predicted molar refractivity (Wildman–Crippen MR) is 124 cm³/mol. The number of hydrogen-bond acceptors (Lipinski definition) is 6. The van der Waals surface area contributed by atoms with E-state index in [2.05, 4.69) is 9.88 Å². The summed E-state index contributed by atoms with van der Waals surface area (Å²) in [5.74, 6) is 2.12. The SMILES string of the molecule is O=C(CN1CCN(c2ccc(C(F)(F)F)cn2)CC1)N1CCC[C@@H]1c1ccc2c(c1)OCCCO2. The number of amides is 1. The van der Waals surface area contributed by atoms with E-state index < -0.39 is 11.7 Å². The van der Waals surface area contributed by atoms with E-state index in [9.17, 15) is 18.0 Å². The van der Waals surface area contributed by atoms with Gasteiger partial charge in [-0.15, -0.1) is 0 Å². The van der Waals surface area contributed by atoms with Gasteiger partial charge in [0.2, 0.25) is 5.91 Å². The van der Waals surface area contributed by atoms with Crippen LogP contribution in [0.1, 0.15) is 36.4 Å². The van der Waals surface area contributed by atoms with Gasteiger partial charge in [0.1, 0.15) is 5.82 Å². The molecule has 4 heterocycles. The molecule has 1 aromatic heterocycles. The highest BCUT2D eigenvalue weighted by Crippen LogP contribution is 2.38. The largest absolute Gasteiger partial charge is 0.490 e. The molecule has 1 atom stereocenters. The number of aromatic nitrogens is 1. The van der Waals surface area contributed by atoms with Crippen LogP contribution in [0.25, 0.3) is 0 Å². The van der Waals surface area contributed by atoms with Gasteiger partial charge in [-0.2, -0.15) is 13.2 Å². The van der Waals surface area contributed by atoms with Gasteiger partial charge < -0.3 is 19.3 Å². The molecule has 188 valence electrons. The van der Waals surface area contributed by atoms with E-state index in [-0.39, 0.29) is 11.9 Å². The van der Waals surface area contributed by atoms with E-state index in [1.165, 1.54) is 6.07 Å². The van der Waals surface area contributed by atoms with Crippen LogP contribution in [0, 0.1) is 0 Å². The quantitative estimate of drug-likeness (QED) is 0.651. The van der Waals surface area contributed by atoms with Crippen LogP contribution >= 0.6 is 0 Å². The summed E-state index contributed by atoms with van der Waals surface area (Å²) in [6.07, 6.45) is -0.799. The molecule has 0 unspecified atom stereocenters. The Bertz CT molecular complexity index is 1040. The van der Waals surface area contributed by atoms with Crippen molar-refractivity contribution in [3.63, 3.8) is 0 Å². The molecule has 1 aromatic carbocycles. The maximum Gasteiger partial charge on any atom is 0.417 e. The highest BCUT2D eigenvalue weighted by Gasteiger charge is 2.33. The molecule has 7 nitrogen and oxygen atoms in total. The number of carbonyl (C=O) groups is 1. The van der Waals surface area contributed by atoms with Gasteiger partial charge in [0, 0.05) is 45.3 Å². The zero-order valence-electron chi connectivity index (χ0n) is 19.5. The van der Waals surface area contributed by atoms with Crippen molar-refractivity contribution in [2.75, 3.05) is 57.4 Å². The summed E-state index contributed by atoms with van der Waals surface area (Å²) in [6, 6.07) is 8.47. The number of halogens is 3. The van der Waals surface area contributed by atoms with E-state index in [0.29, 0.717) is 51.8 Å². The number of piperazine rings is 1. The molecule has 0 N–H and O–H groups in total. The molecule has 3 aliphatic heterocycles. The van der Waals surface area contributed by atoms with Gasteiger partial charge in [-0.25, -0.2) is 4.98 Å². The number of benzene rings is 1. The fourth-order valence-electron chi connectivity index (χ4n) is 4.96. The summed E-state index contributed by atoms with van der Waals surface area (Å²) < 4.78 is 49.9. The molecule has 2 fully saturated rings. The lowest BCUT2D eigenvalue weighted by molar-refractivity contribution is -0.137. The fourth-order valence-corrected chi connectivity index (χ4v) is 4.96. The number of carbonyl (C=O) groups excluding carboxylic acids is 1. The van der Waals surface area contributed by atoms with Crippen LogP contribution < -0.4 is 14.4 Å². The van der Waals surface area contributed by atoms with Gasteiger partial charge in [-0.1, -0.05) is 6.07 Å². The minimum atomic E-state index is -4.39. The summed E-state index contributed by atoms with van der Waals surface area (Å²) in [5, 5.41) is 0. The van der Waals surface area contributed by atoms with Crippen molar-refractivity contribution in [3.05, 3.63) is 47.7 Å². The van der Waals surface area contributed by atoms with Gasteiger partial charge in [0.15, 0.2) is 11.5 Å². The minimum Gasteiger partial charge on any atom is -0.490 e. The second-order valence-corrected chi connectivity index (χ2v) is 9.17. The van der Waals surface area contributed by atoms with Crippen LogP contribution in [0.4, 0.5) is 19.0 Å². The Morgan fingerprint density at radius 1 is 0.971 bits per heavy atom. The Morgan fingerprint density at radius 3 is 2.46 bits per heavy atom. The molecule has 0 saturated carbocycles.